The van der Waals surface area contributed by atoms with Crippen LogP contribution < -0.4 is 11.5 Å². The molecule has 1 aromatic carbocycles. The van der Waals surface area contributed by atoms with Gasteiger partial charge in [0.2, 0.25) is 0 Å². The number of alkyl halides is 3. The van der Waals surface area contributed by atoms with E-state index in [1.165, 1.54) is 6.07 Å². The largest absolute Gasteiger partial charge is 0.433 e. The van der Waals surface area contributed by atoms with Crippen molar-refractivity contribution >= 4 is 34.1 Å². The fourth-order valence-electron chi connectivity index (χ4n) is 3.16. The molecule has 2 aromatic rings. The van der Waals surface area contributed by atoms with Crippen molar-refractivity contribution in [1.82, 2.24) is 4.98 Å². The molecule has 0 aliphatic carbocycles. The Hall–Kier alpha value is -2.90. The second-order valence-corrected chi connectivity index (χ2v) is 6.64. The van der Waals surface area contributed by atoms with Gasteiger partial charge < -0.3 is 16.9 Å². The summed E-state index contributed by atoms with van der Waals surface area (Å²) in [6.07, 6.45) is 0.453. The first-order chi connectivity index (χ1) is 13.1. The minimum Gasteiger partial charge on any atom is -0.404 e. The Morgan fingerprint density at radius 1 is 1.25 bits per heavy atom. The maximum atomic E-state index is 13.1. The molecule has 6 N–H and O–H groups in total. The zero-order valence-corrected chi connectivity index (χ0v) is 15.9. The molecule has 5 nitrogen and oxygen atoms in total. The molecule has 1 aromatic heterocycles. The van der Waals surface area contributed by atoms with Crippen LogP contribution in [-0.2, 0) is 6.42 Å². The Balaban J connectivity index is 2.78. The van der Waals surface area contributed by atoms with Gasteiger partial charge in [0.15, 0.2) is 0 Å². The van der Waals surface area contributed by atoms with E-state index in [1.807, 2.05) is 0 Å². The SMILES string of the molecule is CCCCCc1cc(/C(=C/N)C(=N)C(F)(F)F)nc2cc(C)c(N)c(C=N)c12. The summed E-state index contributed by atoms with van der Waals surface area (Å²) >= 11 is 0. The molecule has 0 aliphatic rings. The molecule has 0 atom stereocenters. The summed E-state index contributed by atoms with van der Waals surface area (Å²) < 4.78 is 39.2. The van der Waals surface area contributed by atoms with Crippen molar-refractivity contribution < 1.29 is 13.2 Å². The number of nitrogens with two attached hydrogens (primary N) is 2. The van der Waals surface area contributed by atoms with Crippen molar-refractivity contribution in [2.75, 3.05) is 5.73 Å². The number of hydrogen-bond acceptors (Lipinski definition) is 5. The highest BCUT2D eigenvalue weighted by Crippen LogP contribution is 2.33. The molecule has 0 saturated carbocycles. The van der Waals surface area contributed by atoms with Gasteiger partial charge >= 0.3 is 6.18 Å². The number of allylic oxidation sites excluding steroid dienone is 1. The third-order valence-corrected chi connectivity index (χ3v) is 4.66. The smallest absolute Gasteiger partial charge is 0.404 e. The van der Waals surface area contributed by atoms with Gasteiger partial charge in [0.1, 0.15) is 5.71 Å². The summed E-state index contributed by atoms with van der Waals surface area (Å²) in [7, 11) is 0. The summed E-state index contributed by atoms with van der Waals surface area (Å²) in [6, 6.07) is 3.22. The van der Waals surface area contributed by atoms with Crippen molar-refractivity contribution in [1.29, 1.82) is 10.8 Å². The lowest BCUT2D eigenvalue weighted by Gasteiger charge is -2.17. The summed E-state index contributed by atoms with van der Waals surface area (Å²) in [5, 5.41) is 15.9. The van der Waals surface area contributed by atoms with Crippen LogP contribution in [0.3, 0.4) is 0 Å². The first-order valence-electron chi connectivity index (χ1n) is 8.97. The zero-order chi connectivity index (χ0) is 21.1. The van der Waals surface area contributed by atoms with Gasteiger partial charge in [-0.2, -0.15) is 13.2 Å². The molecular weight excluding hydrogens is 367 g/mol. The van der Waals surface area contributed by atoms with E-state index >= 15 is 0 Å². The minimum atomic E-state index is -4.83. The highest BCUT2D eigenvalue weighted by Gasteiger charge is 2.37. The minimum absolute atomic E-state index is 0.0103. The van der Waals surface area contributed by atoms with Crippen LogP contribution in [0.5, 0.6) is 0 Å². The van der Waals surface area contributed by atoms with Gasteiger partial charge in [-0.1, -0.05) is 19.8 Å². The van der Waals surface area contributed by atoms with E-state index in [2.05, 4.69) is 11.9 Å². The first kappa shape index (κ1) is 21.4. The van der Waals surface area contributed by atoms with Crippen LogP contribution in [0, 0.1) is 17.7 Å². The predicted molar refractivity (Wildman–Crippen MR) is 108 cm³/mol. The molecule has 0 unspecified atom stereocenters. The van der Waals surface area contributed by atoms with Gasteiger partial charge in [0, 0.05) is 34.6 Å². The predicted octanol–water partition coefficient (Wildman–Crippen LogP) is 4.74. The summed E-state index contributed by atoms with van der Waals surface area (Å²) in [5.41, 5.74) is 12.3. The molecule has 150 valence electrons. The van der Waals surface area contributed by atoms with Crippen LogP contribution in [0.25, 0.3) is 16.5 Å². The van der Waals surface area contributed by atoms with Crippen LogP contribution in [0.1, 0.15) is 48.6 Å². The van der Waals surface area contributed by atoms with Crippen LogP contribution >= 0.6 is 0 Å². The standard InChI is InChI=1S/C20H24F3N5/c1-3-4-5-6-12-8-15(13(9-24)19(27)20(21,22)23)28-16-7-11(2)18(26)14(10-25)17(12)16/h7-10,25,27H,3-6,24,26H2,1-2H3/b13-9-,25-10?,27-19?. The monoisotopic (exact) mass is 391 g/mol. The van der Waals surface area contributed by atoms with Gasteiger partial charge in [-0.25, -0.2) is 4.98 Å². The third-order valence-electron chi connectivity index (χ3n) is 4.66. The maximum Gasteiger partial charge on any atom is 0.433 e. The van der Waals surface area contributed by atoms with E-state index in [0.29, 0.717) is 34.1 Å². The molecule has 0 bridgehead atoms. The van der Waals surface area contributed by atoms with Gasteiger partial charge in [0.25, 0.3) is 0 Å². The van der Waals surface area contributed by atoms with Crippen LogP contribution in [-0.4, -0.2) is 23.1 Å². The molecule has 1 heterocycles. The molecule has 0 amide bonds. The molecule has 2 rings (SSSR count). The average molecular weight is 391 g/mol. The Morgan fingerprint density at radius 2 is 1.93 bits per heavy atom. The van der Waals surface area contributed by atoms with E-state index in [9.17, 15) is 13.2 Å². The maximum absolute atomic E-state index is 13.1. The topological polar surface area (TPSA) is 113 Å². The van der Waals surface area contributed by atoms with E-state index in [-0.39, 0.29) is 5.69 Å². The molecule has 0 fully saturated rings. The zero-order valence-electron chi connectivity index (χ0n) is 15.9. The highest BCUT2D eigenvalue weighted by atomic mass is 19.4. The molecule has 8 heteroatoms. The number of unbranched alkanes of at least 4 members (excludes halogenated alkanes) is 2. The number of aryl methyl sites for hydroxylation is 2. The number of aromatic nitrogens is 1. The summed E-state index contributed by atoms with van der Waals surface area (Å²) in [4.78, 5) is 4.33. The van der Waals surface area contributed by atoms with E-state index < -0.39 is 17.5 Å². The summed E-state index contributed by atoms with van der Waals surface area (Å²) in [6.45, 7) is 3.81. The van der Waals surface area contributed by atoms with Crippen LogP contribution in [0.4, 0.5) is 18.9 Å². The summed E-state index contributed by atoms with van der Waals surface area (Å²) in [5.74, 6) is 0. The third kappa shape index (κ3) is 4.16. The second-order valence-electron chi connectivity index (χ2n) is 6.64. The average Bonchev–Trinajstić information content (AvgIpc) is 2.63. The van der Waals surface area contributed by atoms with Crippen molar-refractivity contribution in [2.24, 2.45) is 5.73 Å². The molecule has 0 radical (unpaired) electrons. The number of rotatable bonds is 7. The molecule has 0 spiro atoms. The van der Waals surface area contributed by atoms with E-state index in [4.69, 9.17) is 22.3 Å². The Bertz CT molecular complexity index is 945. The number of anilines is 1. The lowest BCUT2D eigenvalue weighted by Crippen LogP contribution is -2.24. The van der Waals surface area contributed by atoms with Crippen molar-refractivity contribution in [3.05, 3.63) is 40.7 Å². The van der Waals surface area contributed by atoms with Crippen molar-refractivity contribution in [3.8, 4) is 0 Å². The fourth-order valence-corrected chi connectivity index (χ4v) is 3.16. The Labute approximate surface area is 161 Å². The number of halogens is 3. The number of nitrogens with zero attached hydrogens (tertiary/aromatic N) is 1. The van der Waals surface area contributed by atoms with Gasteiger partial charge in [-0.3, -0.25) is 5.41 Å². The van der Waals surface area contributed by atoms with Gasteiger partial charge in [-0.15, -0.1) is 0 Å². The van der Waals surface area contributed by atoms with Gasteiger partial charge in [0.05, 0.1) is 11.2 Å². The van der Waals surface area contributed by atoms with E-state index in [0.717, 1.165) is 37.2 Å². The second kappa shape index (κ2) is 8.41. The lowest BCUT2D eigenvalue weighted by atomic mass is 9.93. The number of hydrogen-bond donors (Lipinski definition) is 4. The Morgan fingerprint density at radius 3 is 2.46 bits per heavy atom. The van der Waals surface area contributed by atoms with Gasteiger partial charge in [-0.05, 0) is 43.0 Å². The number of fused-ring (bicyclic) bond motifs is 1. The lowest BCUT2D eigenvalue weighted by molar-refractivity contribution is -0.0578. The van der Waals surface area contributed by atoms with Crippen molar-refractivity contribution in [2.45, 2.75) is 45.7 Å². The molecular formula is C20H24F3N5. The van der Waals surface area contributed by atoms with E-state index in [1.54, 1.807) is 13.0 Å². The van der Waals surface area contributed by atoms with Crippen molar-refractivity contribution in [3.63, 3.8) is 0 Å². The first-order valence-corrected chi connectivity index (χ1v) is 8.97. The molecule has 0 saturated heterocycles. The van der Waals surface area contributed by atoms with Crippen LogP contribution in [0.15, 0.2) is 18.3 Å². The number of benzene rings is 1. The fraction of sp³-hybridized carbons (Fsp3) is 0.350. The van der Waals surface area contributed by atoms with Crippen LogP contribution in [0.2, 0.25) is 0 Å². The molecule has 28 heavy (non-hydrogen) atoms. The number of nitrogen functional groups attached to an aromatic ring is 1. The molecule has 0 aliphatic heterocycles. The normalized spacial score (nSPS) is 12.4. The number of pyridine rings is 1. The number of nitrogens with one attached hydrogen (secondary N) is 2. The quantitative estimate of drug-likeness (QED) is 0.311. The Kier molecular flexibility index (Phi) is 6.43. The highest BCUT2D eigenvalue weighted by molar-refractivity contribution is 6.24.